The summed E-state index contributed by atoms with van der Waals surface area (Å²) in [7, 11) is 0. The van der Waals surface area contributed by atoms with E-state index < -0.39 is 11.8 Å². The molecular formula is C40H42O8. The Hall–Kier alpha value is -5.50. The number of aromatic hydroxyl groups is 8. The van der Waals surface area contributed by atoms with Crippen molar-refractivity contribution in [3.05, 3.63) is 126 Å². The van der Waals surface area contributed by atoms with Crippen molar-refractivity contribution in [1.29, 1.82) is 0 Å². The molecule has 0 bridgehead atoms. The van der Waals surface area contributed by atoms with Crippen molar-refractivity contribution in [2.24, 2.45) is 0 Å². The first-order valence-corrected chi connectivity index (χ1v) is 15.7. The molecule has 0 aliphatic heterocycles. The molecule has 48 heavy (non-hydrogen) atoms. The topological polar surface area (TPSA) is 162 Å². The van der Waals surface area contributed by atoms with Crippen LogP contribution in [0.15, 0.2) is 48.5 Å². The van der Waals surface area contributed by atoms with Crippen molar-refractivity contribution in [2.75, 3.05) is 0 Å². The maximum Gasteiger partial charge on any atom is 0.160 e. The lowest BCUT2D eigenvalue weighted by Crippen LogP contribution is -2.11. The Morgan fingerprint density at radius 3 is 0.688 bits per heavy atom. The van der Waals surface area contributed by atoms with Crippen molar-refractivity contribution in [3.8, 4) is 46.0 Å². The Balaban J connectivity index is 1.79. The molecule has 0 heterocycles. The number of phenols is 8. The van der Waals surface area contributed by atoms with Gasteiger partial charge in [0, 0.05) is 11.8 Å². The van der Waals surface area contributed by atoms with Crippen LogP contribution in [0.25, 0.3) is 0 Å². The SMILES string of the molecule is Cc1c(C(c2ccc(C(c3cc(O)c(O)c(C)c3C)c3cc(O)c(O)c(C)c3C)cc2)c2cc(O)c(O)c(C)c2C)cc(O)c(O)c1C. The summed E-state index contributed by atoms with van der Waals surface area (Å²) < 4.78 is 0. The predicted molar refractivity (Wildman–Crippen MR) is 185 cm³/mol. The summed E-state index contributed by atoms with van der Waals surface area (Å²) in [6, 6.07) is 13.8. The maximum absolute atomic E-state index is 10.7. The smallest absolute Gasteiger partial charge is 0.160 e. The molecule has 5 aromatic carbocycles. The zero-order valence-corrected chi connectivity index (χ0v) is 28.4. The van der Waals surface area contributed by atoms with Crippen molar-refractivity contribution in [2.45, 2.75) is 67.2 Å². The van der Waals surface area contributed by atoms with Crippen LogP contribution in [0.5, 0.6) is 46.0 Å². The number of benzene rings is 5. The molecule has 5 aromatic rings. The second-order valence-corrected chi connectivity index (χ2v) is 12.9. The van der Waals surface area contributed by atoms with Gasteiger partial charge in [-0.3, -0.25) is 0 Å². The highest BCUT2D eigenvalue weighted by Gasteiger charge is 2.29. The van der Waals surface area contributed by atoms with Crippen molar-refractivity contribution in [3.63, 3.8) is 0 Å². The summed E-state index contributed by atoms with van der Waals surface area (Å²) in [5.41, 5.74) is 9.43. The third-order valence-electron chi connectivity index (χ3n) is 10.4. The summed E-state index contributed by atoms with van der Waals surface area (Å²) in [6.45, 7) is 14.3. The lowest BCUT2D eigenvalue weighted by atomic mass is 9.76. The minimum atomic E-state index is -0.531. The lowest BCUT2D eigenvalue weighted by Gasteiger charge is -2.28. The fourth-order valence-corrected chi connectivity index (χ4v) is 6.77. The quantitative estimate of drug-likeness (QED) is 0.0674. The Bertz CT molecular complexity index is 1820. The largest absolute Gasteiger partial charge is 0.504 e. The van der Waals surface area contributed by atoms with Crippen LogP contribution in [-0.2, 0) is 0 Å². The van der Waals surface area contributed by atoms with Gasteiger partial charge in [-0.1, -0.05) is 24.3 Å². The molecule has 250 valence electrons. The van der Waals surface area contributed by atoms with Crippen LogP contribution in [0.4, 0.5) is 0 Å². The summed E-state index contributed by atoms with van der Waals surface area (Å²) in [4.78, 5) is 0. The van der Waals surface area contributed by atoms with Crippen LogP contribution in [0, 0.1) is 55.4 Å². The van der Waals surface area contributed by atoms with Crippen LogP contribution in [-0.4, -0.2) is 40.9 Å². The molecule has 0 saturated heterocycles. The molecule has 0 saturated carbocycles. The molecule has 0 atom stereocenters. The van der Waals surface area contributed by atoms with E-state index in [1.54, 1.807) is 27.7 Å². The highest BCUT2D eigenvalue weighted by Crippen LogP contribution is 2.48. The zero-order chi connectivity index (χ0) is 35.5. The summed E-state index contributed by atoms with van der Waals surface area (Å²) >= 11 is 0. The first-order valence-electron chi connectivity index (χ1n) is 15.7. The molecule has 8 nitrogen and oxygen atoms in total. The zero-order valence-electron chi connectivity index (χ0n) is 28.4. The number of rotatable bonds is 6. The highest BCUT2D eigenvalue weighted by atomic mass is 16.3. The van der Waals surface area contributed by atoms with Crippen LogP contribution >= 0.6 is 0 Å². The van der Waals surface area contributed by atoms with Crippen LogP contribution in [0.3, 0.4) is 0 Å². The standard InChI is InChI=1S/C40H42O8/c1-17-21(5)37(45)31(41)13-27(17)35(28-14-32(42)38(46)22(6)18(28)2)25-9-11-26(12-10-25)36(29-15-33(43)39(47)23(7)19(29)3)30-16-34(44)40(48)24(8)20(30)4/h9-16,35-36,41-48H,1-8H3. The third-order valence-corrected chi connectivity index (χ3v) is 10.4. The second kappa shape index (κ2) is 12.3. The predicted octanol–water partition coefficient (Wildman–Crippen LogP) is 8.16. The minimum absolute atomic E-state index is 0.208. The number of hydrogen-bond acceptors (Lipinski definition) is 8. The van der Waals surface area contributed by atoms with E-state index in [0.29, 0.717) is 44.5 Å². The highest BCUT2D eigenvalue weighted by molar-refractivity contribution is 5.64. The second-order valence-electron chi connectivity index (χ2n) is 12.9. The van der Waals surface area contributed by atoms with E-state index in [9.17, 15) is 40.9 Å². The minimum Gasteiger partial charge on any atom is -0.504 e. The average molecular weight is 651 g/mol. The van der Waals surface area contributed by atoms with Gasteiger partial charge in [0.15, 0.2) is 46.0 Å². The summed E-state index contributed by atoms with van der Waals surface area (Å²) in [6.07, 6.45) is 0. The molecule has 8 N–H and O–H groups in total. The summed E-state index contributed by atoms with van der Waals surface area (Å²) in [5.74, 6) is -2.99. The Kier molecular flexibility index (Phi) is 8.65. The number of hydrogen-bond donors (Lipinski definition) is 8. The molecule has 0 spiro atoms. The van der Waals surface area contributed by atoms with E-state index in [1.165, 1.54) is 24.3 Å². The van der Waals surface area contributed by atoms with E-state index >= 15 is 0 Å². The van der Waals surface area contributed by atoms with Gasteiger partial charge in [-0.15, -0.1) is 0 Å². The van der Waals surface area contributed by atoms with Gasteiger partial charge >= 0.3 is 0 Å². The van der Waals surface area contributed by atoms with Crippen LogP contribution in [0.1, 0.15) is 89.7 Å². The van der Waals surface area contributed by atoms with Crippen LogP contribution < -0.4 is 0 Å². The van der Waals surface area contributed by atoms with Gasteiger partial charge < -0.3 is 40.9 Å². The molecule has 0 aliphatic carbocycles. The van der Waals surface area contributed by atoms with Crippen molar-refractivity contribution in [1.82, 2.24) is 0 Å². The molecule has 0 unspecified atom stereocenters. The van der Waals surface area contributed by atoms with Gasteiger partial charge in [-0.2, -0.15) is 0 Å². The molecule has 0 fully saturated rings. The summed E-state index contributed by atoms with van der Waals surface area (Å²) in [5, 5.41) is 84.8. The van der Waals surface area contributed by atoms with Gasteiger partial charge in [0.1, 0.15) is 0 Å². The Morgan fingerprint density at radius 2 is 0.500 bits per heavy atom. The van der Waals surface area contributed by atoms with E-state index in [1.807, 2.05) is 52.0 Å². The Morgan fingerprint density at radius 1 is 0.312 bits per heavy atom. The van der Waals surface area contributed by atoms with Gasteiger partial charge in [0.2, 0.25) is 0 Å². The molecule has 0 radical (unpaired) electrons. The Labute approximate surface area is 280 Å². The number of phenolic OH excluding ortho intramolecular Hbond substituents is 8. The molecule has 8 heteroatoms. The van der Waals surface area contributed by atoms with Crippen molar-refractivity contribution < 1.29 is 40.9 Å². The van der Waals surface area contributed by atoms with Crippen LogP contribution in [0.2, 0.25) is 0 Å². The first kappa shape index (κ1) is 33.9. The van der Waals surface area contributed by atoms with Crippen molar-refractivity contribution >= 4 is 0 Å². The van der Waals surface area contributed by atoms with E-state index in [-0.39, 0.29) is 46.0 Å². The molecule has 0 aromatic heterocycles. The molecule has 0 amide bonds. The van der Waals surface area contributed by atoms with Gasteiger partial charge in [-0.05, 0) is 158 Å². The fourth-order valence-electron chi connectivity index (χ4n) is 6.77. The fraction of sp³-hybridized carbons (Fsp3) is 0.250. The molecular weight excluding hydrogens is 608 g/mol. The molecule has 0 aliphatic rings. The molecule has 5 rings (SSSR count). The first-order chi connectivity index (χ1) is 22.5. The van der Waals surface area contributed by atoms with Gasteiger partial charge in [0.05, 0.1) is 0 Å². The maximum atomic E-state index is 10.7. The third kappa shape index (κ3) is 5.37. The van der Waals surface area contributed by atoms with Gasteiger partial charge in [-0.25, -0.2) is 0 Å². The lowest BCUT2D eigenvalue weighted by molar-refractivity contribution is 0.399. The average Bonchev–Trinajstić information content (AvgIpc) is 3.07. The normalized spacial score (nSPS) is 11.5. The van der Waals surface area contributed by atoms with E-state index in [2.05, 4.69) is 0 Å². The van der Waals surface area contributed by atoms with E-state index in [4.69, 9.17) is 0 Å². The van der Waals surface area contributed by atoms with Gasteiger partial charge in [0.25, 0.3) is 0 Å². The monoisotopic (exact) mass is 650 g/mol. The van der Waals surface area contributed by atoms with E-state index in [0.717, 1.165) is 33.4 Å².